The first kappa shape index (κ1) is 11.5. The minimum Gasteiger partial charge on any atom is -0.496 e. The third-order valence-electron chi connectivity index (χ3n) is 1.64. The molecule has 0 aliphatic heterocycles. The van der Waals surface area contributed by atoms with E-state index >= 15 is 0 Å². The van der Waals surface area contributed by atoms with Crippen LogP contribution in [0.15, 0.2) is 16.6 Å². The van der Waals surface area contributed by atoms with Gasteiger partial charge in [0.25, 0.3) is 0 Å². The van der Waals surface area contributed by atoms with E-state index in [2.05, 4.69) is 15.9 Å². The van der Waals surface area contributed by atoms with Crippen LogP contribution >= 0.6 is 27.5 Å². The highest BCUT2D eigenvalue weighted by Crippen LogP contribution is 2.27. The van der Waals surface area contributed by atoms with Gasteiger partial charge in [-0.25, -0.2) is 4.39 Å². The number of hydrogen-bond donors (Lipinski definition) is 0. The van der Waals surface area contributed by atoms with Crippen LogP contribution in [0.25, 0.3) is 0 Å². The van der Waals surface area contributed by atoms with Gasteiger partial charge < -0.3 is 4.74 Å². The number of rotatable bonds is 3. The zero-order valence-electron chi connectivity index (χ0n) is 7.31. The normalized spacial score (nSPS) is 10.0. The molecule has 0 aromatic heterocycles. The predicted octanol–water partition coefficient (Wildman–Crippen LogP) is 3.02. The topological polar surface area (TPSA) is 26.3 Å². The number of halogens is 3. The highest BCUT2D eigenvalue weighted by molar-refractivity contribution is 9.10. The summed E-state index contributed by atoms with van der Waals surface area (Å²) in [6, 6.07) is 2.71. The molecule has 0 spiro atoms. The molecule has 14 heavy (non-hydrogen) atoms. The van der Waals surface area contributed by atoms with Gasteiger partial charge in [0.05, 0.1) is 18.6 Å². The Morgan fingerprint density at radius 3 is 2.79 bits per heavy atom. The maximum atomic E-state index is 13.3. The SMILES string of the molecule is COc1cc(Br)cc(F)c1C(=O)CCl. The van der Waals surface area contributed by atoms with Gasteiger partial charge in [-0.2, -0.15) is 0 Å². The largest absolute Gasteiger partial charge is 0.496 e. The number of Topliss-reactive ketones (excluding diaryl/α,β-unsaturated/α-hetero) is 1. The van der Waals surface area contributed by atoms with Gasteiger partial charge in [0.15, 0.2) is 5.78 Å². The van der Waals surface area contributed by atoms with Crippen molar-refractivity contribution >= 4 is 33.3 Å². The third kappa shape index (κ3) is 2.25. The summed E-state index contributed by atoms with van der Waals surface area (Å²) in [5.74, 6) is -1.22. The molecule has 1 aromatic carbocycles. The number of alkyl halides is 1. The van der Waals surface area contributed by atoms with E-state index in [1.807, 2.05) is 0 Å². The van der Waals surface area contributed by atoms with E-state index < -0.39 is 11.6 Å². The Balaban J connectivity index is 3.32. The van der Waals surface area contributed by atoms with E-state index in [1.165, 1.54) is 19.2 Å². The summed E-state index contributed by atoms with van der Waals surface area (Å²) in [6.07, 6.45) is 0. The van der Waals surface area contributed by atoms with Gasteiger partial charge in [0, 0.05) is 4.47 Å². The Hall–Kier alpha value is -0.610. The molecule has 0 amide bonds. The van der Waals surface area contributed by atoms with Crippen LogP contribution in [-0.2, 0) is 0 Å². The van der Waals surface area contributed by atoms with Crippen LogP contribution < -0.4 is 4.74 Å². The van der Waals surface area contributed by atoms with Crippen LogP contribution in [0.3, 0.4) is 0 Å². The van der Waals surface area contributed by atoms with Crippen molar-refractivity contribution in [2.75, 3.05) is 13.0 Å². The predicted molar refractivity (Wildman–Crippen MR) is 55.7 cm³/mol. The minimum atomic E-state index is -0.637. The molecule has 0 bridgehead atoms. The van der Waals surface area contributed by atoms with Gasteiger partial charge >= 0.3 is 0 Å². The summed E-state index contributed by atoms with van der Waals surface area (Å²) in [7, 11) is 1.37. The molecule has 0 N–H and O–H groups in total. The molecule has 0 heterocycles. The van der Waals surface area contributed by atoms with Crippen LogP contribution in [0.4, 0.5) is 4.39 Å². The first-order valence-electron chi connectivity index (χ1n) is 3.72. The van der Waals surface area contributed by atoms with Crippen LogP contribution in [0.2, 0.25) is 0 Å². The fraction of sp³-hybridized carbons (Fsp3) is 0.222. The van der Waals surface area contributed by atoms with Gasteiger partial charge in [-0.05, 0) is 12.1 Å². The summed E-state index contributed by atoms with van der Waals surface area (Å²) in [6.45, 7) is 0. The van der Waals surface area contributed by atoms with E-state index in [0.29, 0.717) is 4.47 Å². The summed E-state index contributed by atoms with van der Waals surface area (Å²) in [4.78, 5) is 11.3. The summed E-state index contributed by atoms with van der Waals surface area (Å²) >= 11 is 8.44. The second kappa shape index (κ2) is 4.75. The minimum absolute atomic E-state index is 0.106. The molecular weight excluding hydrogens is 274 g/mol. The van der Waals surface area contributed by atoms with Gasteiger partial charge in [-0.1, -0.05) is 15.9 Å². The van der Waals surface area contributed by atoms with Crippen LogP contribution in [0, 0.1) is 5.82 Å². The summed E-state index contributed by atoms with van der Waals surface area (Å²) in [5, 5.41) is 0. The number of ether oxygens (including phenoxy) is 1. The monoisotopic (exact) mass is 280 g/mol. The first-order chi connectivity index (χ1) is 6.60. The van der Waals surface area contributed by atoms with Crippen molar-refractivity contribution in [3.63, 3.8) is 0 Å². The van der Waals surface area contributed by atoms with Crippen LogP contribution in [0.5, 0.6) is 5.75 Å². The second-order valence-corrected chi connectivity index (χ2v) is 3.70. The maximum absolute atomic E-state index is 13.3. The lowest BCUT2D eigenvalue weighted by Gasteiger charge is -2.07. The third-order valence-corrected chi connectivity index (χ3v) is 2.34. The van der Waals surface area contributed by atoms with Crippen molar-refractivity contribution in [1.29, 1.82) is 0 Å². The number of benzene rings is 1. The number of ketones is 1. The molecule has 0 aliphatic carbocycles. The fourth-order valence-electron chi connectivity index (χ4n) is 1.05. The quantitative estimate of drug-likeness (QED) is 0.629. The summed E-state index contributed by atoms with van der Waals surface area (Å²) < 4.78 is 18.7. The lowest BCUT2D eigenvalue weighted by Crippen LogP contribution is -2.06. The Kier molecular flexibility index (Phi) is 3.89. The van der Waals surface area contributed by atoms with Crippen molar-refractivity contribution in [2.24, 2.45) is 0 Å². The maximum Gasteiger partial charge on any atom is 0.184 e. The summed E-state index contributed by atoms with van der Waals surface area (Å²) in [5.41, 5.74) is -0.106. The molecule has 0 aliphatic rings. The van der Waals surface area contributed by atoms with Gasteiger partial charge in [-0.15, -0.1) is 11.6 Å². The molecule has 1 rings (SSSR count). The van der Waals surface area contributed by atoms with Gasteiger partial charge in [0.2, 0.25) is 0 Å². The zero-order chi connectivity index (χ0) is 10.7. The molecule has 0 unspecified atom stereocenters. The average molecular weight is 282 g/mol. The Morgan fingerprint density at radius 2 is 2.29 bits per heavy atom. The van der Waals surface area contributed by atoms with Crippen molar-refractivity contribution in [3.8, 4) is 5.75 Å². The number of carbonyl (C=O) groups excluding carboxylic acids is 1. The van der Waals surface area contributed by atoms with E-state index in [9.17, 15) is 9.18 Å². The molecule has 2 nitrogen and oxygen atoms in total. The molecule has 0 saturated carbocycles. The second-order valence-electron chi connectivity index (χ2n) is 2.52. The van der Waals surface area contributed by atoms with Crippen molar-refractivity contribution in [2.45, 2.75) is 0 Å². The van der Waals surface area contributed by atoms with Crippen LogP contribution in [0.1, 0.15) is 10.4 Å². The van der Waals surface area contributed by atoms with Crippen molar-refractivity contribution in [1.82, 2.24) is 0 Å². The standard InChI is InChI=1S/C9H7BrClFO2/c1-14-8-3-5(10)2-6(12)9(8)7(13)4-11/h2-3H,4H2,1H3. The molecule has 0 saturated heterocycles. The lowest BCUT2D eigenvalue weighted by molar-refractivity contribution is 0.101. The first-order valence-corrected chi connectivity index (χ1v) is 5.05. The Bertz CT molecular complexity index is 368. The van der Waals surface area contributed by atoms with Crippen molar-refractivity contribution < 1.29 is 13.9 Å². The molecule has 0 radical (unpaired) electrons. The van der Waals surface area contributed by atoms with E-state index in [0.717, 1.165) is 0 Å². The van der Waals surface area contributed by atoms with Crippen LogP contribution in [-0.4, -0.2) is 18.8 Å². The Labute approximate surface area is 94.1 Å². The van der Waals surface area contributed by atoms with Gasteiger partial charge in [0.1, 0.15) is 11.6 Å². The number of methoxy groups -OCH3 is 1. The van der Waals surface area contributed by atoms with Crippen molar-refractivity contribution in [3.05, 3.63) is 28.0 Å². The molecule has 76 valence electrons. The number of hydrogen-bond acceptors (Lipinski definition) is 2. The highest BCUT2D eigenvalue weighted by Gasteiger charge is 2.17. The van der Waals surface area contributed by atoms with E-state index in [1.54, 1.807) is 0 Å². The van der Waals surface area contributed by atoms with E-state index in [4.69, 9.17) is 16.3 Å². The lowest BCUT2D eigenvalue weighted by atomic mass is 10.1. The molecule has 1 aromatic rings. The molecule has 0 atom stereocenters. The smallest absolute Gasteiger partial charge is 0.184 e. The number of carbonyl (C=O) groups is 1. The molecule has 5 heteroatoms. The average Bonchev–Trinajstić information content (AvgIpc) is 2.15. The highest BCUT2D eigenvalue weighted by atomic mass is 79.9. The zero-order valence-corrected chi connectivity index (χ0v) is 9.65. The molecule has 0 fully saturated rings. The van der Waals surface area contributed by atoms with Gasteiger partial charge in [-0.3, -0.25) is 4.79 Å². The molecular formula is C9H7BrClFO2. The Morgan fingerprint density at radius 1 is 1.64 bits per heavy atom. The van der Waals surface area contributed by atoms with E-state index in [-0.39, 0.29) is 17.2 Å². The fourth-order valence-corrected chi connectivity index (χ4v) is 1.59.